The van der Waals surface area contributed by atoms with Gasteiger partial charge in [-0.1, -0.05) is 6.08 Å². The second kappa shape index (κ2) is 5.36. The summed E-state index contributed by atoms with van der Waals surface area (Å²) in [5, 5.41) is 0. The van der Waals surface area contributed by atoms with Gasteiger partial charge in [0.15, 0.2) is 5.43 Å². The fourth-order valence-electron chi connectivity index (χ4n) is 1.25. The lowest BCUT2D eigenvalue weighted by Gasteiger charge is -1.97. The molecular formula is C11H15NO. The van der Waals surface area contributed by atoms with Crippen LogP contribution in [0.25, 0.3) is 0 Å². The number of H-pyrrole nitrogens is 1. The van der Waals surface area contributed by atoms with Gasteiger partial charge in [0.1, 0.15) is 0 Å². The first-order valence-corrected chi connectivity index (χ1v) is 4.61. The van der Waals surface area contributed by atoms with Crippen molar-refractivity contribution < 1.29 is 0 Å². The molecule has 1 rings (SSSR count). The molecule has 0 aromatic carbocycles. The van der Waals surface area contributed by atoms with Gasteiger partial charge in [-0.2, -0.15) is 0 Å². The van der Waals surface area contributed by atoms with Crippen LogP contribution in [0.4, 0.5) is 0 Å². The molecule has 2 heteroatoms. The first-order valence-electron chi connectivity index (χ1n) is 4.61. The van der Waals surface area contributed by atoms with E-state index < -0.39 is 0 Å². The van der Waals surface area contributed by atoms with Gasteiger partial charge in [-0.3, -0.25) is 4.79 Å². The van der Waals surface area contributed by atoms with E-state index in [0.29, 0.717) is 0 Å². The van der Waals surface area contributed by atoms with Gasteiger partial charge < -0.3 is 4.98 Å². The predicted octanol–water partition coefficient (Wildman–Crippen LogP) is 2.27. The van der Waals surface area contributed by atoms with E-state index in [1.54, 1.807) is 18.5 Å². The van der Waals surface area contributed by atoms with Crippen molar-refractivity contribution in [3.8, 4) is 0 Å². The van der Waals surface area contributed by atoms with Gasteiger partial charge in [-0.25, -0.2) is 0 Å². The summed E-state index contributed by atoms with van der Waals surface area (Å²) < 4.78 is 0. The van der Waals surface area contributed by atoms with Crippen LogP contribution >= 0.6 is 0 Å². The van der Waals surface area contributed by atoms with E-state index in [1.807, 2.05) is 6.08 Å². The number of pyridine rings is 1. The van der Waals surface area contributed by atoms with Crippen LogP contribution in [0.1, 0.15) is 24.8 Å². The Morgan fingerprint density at radius 3 is 3.00 bits per heavy atom. The quantitative estimate of drug-likeness (QED) is 0.543. The van der Waals surface area contributed by atoms with Gasteiger partial charge in [0.25, 0.3) is 0 Å². The van der Waals surface area contributed by atoms with E-state index in [0.717, 1.165) is 31.2 Å². The van der Waals surface area contributed by atoms with Crippen LogP contribution in [0.2, 0.25) is 0 Å². The summed E-state index contributed by atoms with van der Waals surface area (Å²) in [6, 6.07) is 1.57. The highest BCUT2D eigenvalue weighted by atomic mass is 16.1. The average Bonchev–Trinajstić information content (AvgIpc) is 2.15. The summed E-state index contributed by atoms with van der Waals surface area (Å²) in [4.78, 5) is 14.2. The number of aromatic amines is 1. The van der Waals surface area contributed by atoms with Crippen LogP contribution in [-0.4, -0.2) is 4.98 Å². The van der Waals surface area contributed by atoms with Gasteiger partial charge in [-0.15, -0.1) is 6.58 Å². The number of allylic oxidation sites excluding steroid dienone is 1. The number of aromatic nitrogens is 1. The fourth-order valence-corrected chi connectivity index (χ4v) is 1.25. The summed E-state index contributed by atoms with van der Waals surface area (Å²) >= 11 is 0. The van der Waals surface area contributed by atoms with E-state index in [2.05, 4.69) is 11.6 Å². The number of hydrogen-bond acceptors (Lipinski definition) is 1. The third-order valence-corrected chi connectivity index (χ3v) is 2.01. The molecule has 70 valence electrons. The normalized spacial score (nSPS) is 9.85. The molecule has 0 bridgehead atoms. The van der Waals surface area contributed by atoms with Gasteiger partial charge in [-0.05, 0) is 25.7 Å². The molecule has 0 unspecified atom stereocenters. The summed E-state index contributed by atoms with van der Waals surface area (Å²) in [6.45, 7) is 3.65. The Morgan fingerprint density at radius 1 is 1.46 bits per heavy atom. The highest BCUT2D eigenvalue weighted by molar-refractivity contribution is 5.08. The Kier molecular flexibility index (Phi) is 4.03. The first kappa shape index (κ1) is 9.78. The largest absolute Gasteiger partial charge is 0.367 e. The third-order valence-electron chi connectivity index (χ3n) is 2.01. The van der Waals surface area contributed by atoms with Crippen molar-refractivity contribution in [2.24, 2.45) is 0 Å². The topological polar surface area (TPSA) is 32.9 Å². The molecule has 0 atom stereocenters. The number of nitrogens with one attached hydrogen (secondary N) is 1. The average molecular weight is 177 g/mol. The van der Waals surface area contributed by atoms with Crippen molar-refractivity contribution in [3.05, 3.63) is 46.9 Å². The summed E-state index contributed by atoms with van der Waals surface area (Å²) in [6.07, 6.45) is 9.42. The van der Waals surface area contributed by atoms with Crippen LogP contribution in [0.3, 0.4) is 0 Å². The van der Waals surface area contributed by atoms with E-state index in [9.17, 15) is 4.79 Å². The minimum atomic E-state index is 0.136. The zero-order valence-corrected chi connectivity index (χ0v) is 7.75. The second-order valence-electron chi connectivity index (χ2n) is 3.07. The molecule has 0 aliphatic rings. The molecule has 0 saturated carbocycles. The van der Waals surface area contributed by atoms with Crippen LogP contribution in [0.5, 0.6) is 0 Å². The zero-order chi connectivity index (χ0) is 9.52. The van der Waals surface area contributed by atoms with E-state index in [4.69, 9.17) is 0 Å². The van der Waals surface area contributed by atoms with Gasteiger partial charge >= 0.3 is 0 Å². The van der Waals surface area contributed by atoms with E-state index in [-0.39, 0.29) is 5.43 Å². The van der Waals surface area contributed by atoms with Crippen LogP contribution < -0.4 is 5.43 Å². The van der Waals surface area contributed by atoms with Crippen LogP contribution in [-0.2, 0) is 6.42 Å². The lowest BCUT2D eigenvalue weighted by molar-refractivity contribution is 0.743. The molecule has 1 aromatic rings. The van der Waals surface area contributed by atoms with Crippen molar-refractivity contribution in [3.63, 3.8) is 0 Å². The van der Waals surface area contributed by atoms with Crippen LogP contribution in [0.15, 0.2) is 35.9 Å². The smallest absolute Gasteiger partial charge is 0.184 e. The zero-order valence-electron chi connectivity index (χ0n) is 7.75. The molecule has 0 fully saturated rings. The maximum Gasteiger partial charge on any atom is 0.184 e. The molecule has 0 amide bonds. The summed E-state index contributed by atoms with van der Waals surface area (Å²) in [7, 11) is 0. The number of hydrogen-bond donors (Lipinski definition) is 1. The standard InChI is InChI=1S/C11H15NO/c1-2-3-4-5-6-10-9-12-8-7-11(10)13/h2,7-9H,1,3-6H2,(H,12,13). The molecule has 0 spiro atoms. The molecule has 1 N–H and O–H groups in total. The van der Waals surface area contributed by atoms with Crippen molar-refractivity contribution in [2.75, 3.05) is 0 Å². The maximum absolute atomic E-state index is 11.2. The van der Waals surface area contributed by atoms with Crippen LogP contribution in [0, 0.1) is 0 Å². The van der Waals surface area contributed by atoms with E-state index in [1.165, 1.54) is 0 Å². The Bertz CT molecular complexity index is 314. The van der Waals surface area contributed by atoms with Crippen molar-refractivity contribution in [2.45, 2.75) is 25.7 Å². The molecular weight excluding hydrogens is 162 g/mol. The van der Waals surface area contributed by atoms with Gasteiger partial charge in [0, 0.05) is 24.0 Å². The molecule has 13 heavy (non-hydrogen) atoms. The van der Waals surface area contributed by atoms with Crippen molar-refractivity contribution in [1.82, 2.24) is 4.98 Å². The Hall–Kier alpha value is -1.31. The monoisotopic (exact) mass is 177 g/mol. The first-order chi connectivity index (χ1) is 6.34. The Labute approximate surface area is 78.3 Å². The number of unbranched alkanes of at least 4 members (excludes halogenated alkanes) is 2. The van der Waals surface area contributed by atoms with Gasteiger partial charge in [0.2, 0.25) is 0 Å². The Morgan fingerprint density at radius 2 is 2.31 bits per heavy atom. The molecule has 0 aliphatic carbocycles. The fraction of sp³-hybridized carbons (Fsp3) is 0.364. The highest BCUT2D eigenvalue weighted by Gasteiger charge is 1.96. The van der Waals surface area contributed by atoms with Crippen molar-refractivity contribution >= 4 is 0 Å². The number of aryl methyl sites for hydroxylation is 1. The SMILES string of the molecule is C=CCCCCc1c[nH]ccc1=O. The predicted molar refractivity (Wildman–Crippen MR) is 54.8 cm³/mol. The third kappa shape index (κ3) is 3.28. The minimum Gasteiger partial charge on any atom is -0.367 e. The molecule has 2 nitrogen and oxygen atoms in total. The maximum atomic E-state index is 11.2. The summed E-state index contributed by atoms with van der Waals surface area (Å²) in [5.74, 6) is 0. The Balaban J connectivity index is 2.41. The highest BCUT2D eigenvalue weighted by Crippen LogP contribution is 2.01. The molecule has 1 heterocycles. The minimum absolute atomic E-state index is 0.136. The summed E-state index contributed by atoms with van der Waals surface area (Å²) in [5.41, 5.74) is 1.02. The second-order valence-corrected chi connectivity index (χ2v) is 3.07. The lowest BCUT2D eigenvalue weighted by atomic mass is 10.1. The number of rotatable bonds is 5. The molecule has 1 aromatic heterocycles. The molecule has 0 saturated heterocycles. The lowest BCUT2D eigenvalue weighted by Crippen LogP contribution is -2.06. The van der Waals surface area contributed by atoms with Gasteiger partial charge in [0.05, 0.1) is 0 Å². The molecule has 0 aliphatic heterocycles. The van der Waals surface area contributed by atoms with E-state index >= 15 is 0 Å². The molecule has 0 radical (unpaired) electrons. The van der Waals surface area contributed by atoms with Crippen molar-refractivity contribution in [1.29, 1.82) is 0 Å².